The van der Waals surface area contributed by atoms with Crippen LogP contribution in [0.1, 0.15) is 12.5 Å². The zero-order valence-electron chi connectivity index (χ0n) is 9.21. The second-order valence-corrected chi connectivity index (χ2v) is 5.84. The summed E-state index contributed by atoms with van der Waals surface area (Å²) in [5, 5.41) is 15.7. The van der Waals surface area contributed by atoms with Crippen LogP contribution < -0.4 is 4.72 Å². The largest absolute Gasteiger partial charge is 0.480 e. The second kappa shape index (κ2) is 5.25. The topological polar surface area (TPSA) is 107 Å². The Hall–Kier alpha value is -1.78. The molecule has 0 aliphatic heterocycles. The monoisotopic (exact) mass is 288 g/mol. The summed E-state index contributed by atoms with van der Waals surface area (Å²) in [7, 11) is -4.07. The number of nitrogens with zero attached hydrogens (tertiary/aromatic N) is 1. The number of carboxylic acids is 1. The van der Waals surface area contributed by atoms with E-state index in [0.717, 1.165) is 6.92 Å². The van der Waals surface area contributed by atoms with Crippen LogP contribution in [0.5, 0.6) is 0 Å². The highest BCUT2D eigenvalue weighted by Crippen LogP contribution is 2.24. The smallest absolute Gasteiger partial charge is 0.323 e. The number of halogens is 1. The van der Waals surface area contributed by atoms with Gasteiger partial charge in [-0.3, -0.25) is 9.52 Å². The van der Waals surface area contributed by atoms with Crippen LogP contribution in [0.4, 0.5) is 5.69 Å². The molecular formula is C10H9ClN2O4S. The molecule has 1 unspecified atom stereocenters. The van der Waals surface area contributed by atoms with Crippen LogP contribution in [0.3, 0.4) is 0 Å². The molecule has 1 aromatic rings. The lowest BCUT2D eigenvalue weighted by molar-refractivity contribution is -0.136. The first-order valence-corrected chi connectivity index (χ1v) is 6.64. The Kier molecular flexibility index (Phi) is 4.16. The quantitative estimate of drug-likeness (QED) is 0.871. The highest BCUT2D eigenvalue weighted by Gasteiger charge is 2.28. The number of nitrogens with one attached hydrogen (secondary N) is 1. The number of hydrogen-bond donors (Lipinski definition) is 2. The van der Waals surface area contributed by atoms with E-state index < -0.39 is 21.2 Å². The maximum Gasteiger partial charge on any atom is 0.323 e. The summed E-state index contributed by atoms with van der Waals surface area (Å²) in [5.74, 6) is -1.47. The number of rotatable bonds is 4. The predicted molar refractivity (Wildman–Crippen MR) is 65.8 cm³/mol. The van der Waals surface area contributed by atoms with Crippen molar-refractivity contribution in [1.82, 2.24) is 0 Å². The number of sulfonamides is 1. The molecule has 0 fully saturated rings. The molecule has 0 spiro atoms. The van der Waals surface area contributed by atoms with E-state index in [1.807, 2.05) is 6.07 Å². The van der Waals surface area contributed by atoms with Crippen LogP contribution in [0.15, 0.2) is 18.2 Å². The molecule has 0 radical (unpaired) electrons. The maximum absolute atomic E-state index is 11.6. The number of nitriles is 1. The van der Waals surface area contributed by atoms with Gasteiger partial charge in [0.2, 0.25) is 10.0 Å². The van der Waals surface area contributed by atoms with Gasteiger partial charge in [0.25, 0.3) is 0 Å². The van der Waals surface area contributed by atoms with Crippen LogP contribution in [0, 0.1) is 11.3 Å². The Morgan fingerprint density at radius 2 is 2.17 bits per heavy atom. The molecule has 2 N–H and O–H groups in total. The summed E-state index contributed by atoms with van der Waals surface area (Å²) >= 11 is 5.77. The lowest BCUT2D eigenvalue weighted by atomic mass is 10.2. The molecule has 0 aliphatic rings. The molecule has 0 amide bonds. The average Bonchev–Trinajstić information content (AvgIpc) is 2.30. The first-order valence-electron chi connectivity index (χ1n) is 4.72. The normalized spacial score (nSPS) is 12.5. The first-order chi connectivity index (χ1) is 8.27. The van der Waals surface area contributed by atoms with Gasteiger partial charge in [-0.1, -0.05) is 11.6 Å². The molecule has 0 bridgehead atoms. The zero-order valence-corrected chi connectivity index (χ0v) is 10.8. The fourth-order valence-electron chi connectivity index (χ4n) is 1.04. The van der Waals surface area contributed by atoms with Crippen LogP contribution in [-0.4, -0.2) is 24.7 Å². The molecule has 1 rings (SSSR count). The van der Waals surface area contributed by atoms with E-state index in [2.05, 4.69) is 4.72 Å². The van der Waals surface area contributed by atoms with Gasteiger partial charge in [0, 0.05) is 0 Å². The van der Waals surface area contributed by atoms with Crippen molar-refractivity contribution in [2.45, 2.75) is 12.2 Å². The van der Waals surface area contributed by atoms with Gasteiger partial charge in [-0.2, -0.15) is 5.26 Å². The molecule has 0 heterocycles. The van der Waals surface area contributed by atoms with Crippen molar-refractivity contribution in [3.05, 3.63) is 28.8 Å². The van der Waals surface area contributed by atoms with E-state index in [-0.39, 0.29) is 16.3 Å². The van der Waals surface area contributed by atoms with E-state index in [1.165, 1.54) is 18.2 Å². The Morgan fingerprint density at radius 3 is 2.61 bits per heavy atom. The number of benzene rings is 1. The number of carboxylic acid groups (broad SMARTS) is 1. The maximum atomic E-state index is 11.6. The molecule has 8 heteroatoms. The van der Waals surface area contributed by atoms with Crippen molar-refractivity contribution in [2.75, 3.05) is 4.72 Å². The predicted octanol–water partition coefficient (Wildman–Crippen LogP) is 1.43. The standard InChI is InChI=1S/C10H9ClN2O4S/c1-6(10(14)15)18(16,17)13-9-3-2-7(5-12)4-8(9)11/h2-4,6,13H,1H3,(H,14,15). The molecule has 1 atom stereocenters. The van der Waals surface area contributed by atoms with Crippen LogP contribution in [0.2, 0.25) is 5.02 Å². The van der Waals surface area contributed by atoms with Gasteiger partial charge < -0.3 is 5.11 Å². The fraction of sp³-hybridized carbons (Fsp3) is 0.200. The molecule has 0 aliphatic carbocycles. The van der Waals surface area contributed by atoms with Crippen molar-refractivity contribution in [3.63, 3.8) is 0 Å². The van der Waals surface area contributed by atoms with E-state index in [9.17, 15) is 13.2 Å². The van der Waals surface area contributed by atoms with Gasteiger partial charge in [-0.15, -0.1) is 0 Å². The Morgan fingerprint density at radius 1 is 1.56 bits per heavy atom. The third-order valence-corrected chi connectivity index (χ3v) is 4.11. The van der Waals surface area contributed by atoms with Gasteiger partial charge in [-0.05, 0) is 25.1 Å². The van der Waals surface area contributed by atoms with E-state index in [4.69, 9.17) is 22.0 Å². The molecule has 96 valence electrons. The molecule has 18 heavy (non-hydrogen) atoms. The van der Waals surface area contributed by atoms with Crippen LogP contribution in [-0.2, 0) is 14.8 Å². The van der Waals surface area contributed by atoms with E-state index in [1.54, 1.807) is 0 Å². The summed E-state index contributed by atoms with van der Waals surface area (Å²) < 4.78 is 25.3. The van der Waals surface area contributed by atoms with Crippen molar-refractivity contribution in [1.29, 1.82) is 5.26 Å². The van der Waals surface area contributed by atoms with Gasteiger partial charge in [0.1, 0.15) is 0 Å². The van der Waals surface area contributed by atoms with Crippen molar-refractivity contribution in [2.24, 2.45) is 0 Å². The molecule has 6 nitrogen and oxygen atoms in total. The molecule has 0 aromatic heterocycles. The minimum Gasteiger partial charge on any atom is -0.480 e. The molecule has 1 aromatic carbocycles. The third kappa shape index (κ3) is 3.12. The second-order valence-electron chi connectivity index (χ2n) is 3.43. The summed E-state index contributed by atoms with van der Waals surface area (Å²) in [5.41, 5.74) is 0.304. The third-order valence-electron chi connectivity index (χ3n) is 2.16. The number of anilines is 1. The van der Waals surface area contributed by atoms with Gasteiger partial charge in [-0.25, -0.2) is 8.42 Å². The van der Waals surface area contributed by atoms with E-state index >= 15 is 0 Å². The zero-order chi connectivity index (χ0) is 13.9. The van der Waals surface area contributed by atoms with Crippen molar-refractivity contribution >= 4 is 33.3 Å². The Labute approximate surface area is 109 Å². The Bertz CT molecular complexity index is 621. The summed E-state index contributed by atoms with van der Waals surface area (Å²) in [4.78, 5) is 10.6. The SMILES string of the molecule is CC(C(=O)O)S(=O)(=O)Nc1ccc(C#N)cc1Cl. The van der Waals surface area contributed by atoms with E-state index in [0.29, 0.717) is 0 Å². The summed E-state index contributed by atoms with van der Waals surface area (Å²) in [6.45, 7) is 1.04. The van der Waals surface area contributed by atoms with Gasteiger partial charge in [0.15, 0.2) is 5.25 Å². The lowest BCUT2D eigenvalue weighted by Crippen LogP contribution is -2.32. The highest BCUT2D eigenvalue weighted by molar-refractivity contribution is 7.94. The number of carbonyl (C=O) groups is 1. The number of hydrogen-bond acceptors (Lipinski definition) is 4. The van der Waals surface area contributed by atoms with Crippen molar-refractivity contribution < 1.29 is 18.3 Å². The summed E-state index contributed by atoms with van der Waals surface area (Å²) in [6.07, 6.45) is 0. The fourth-order valence-corrected chi connectivity index (χ4v) is 2.25. The first kappa shape index (κ1) is 14.3. The van der Waals surface area contributed by atoms with Crippen LogP contribution >= 0.6 is 11.6 Å². The van der Waals surface area contributed by atoms with Gasteiger partial charge in [0.05, 0.1) is 22.3 Å². The van der Waals surface area contributed by atoms with Gasteiger partial charge >= 0.3 is 5.97 Å². The number of aliphatic carboxylic acids is 1. The lowest BCUT2D eigenvalue weighted by Gasteiger charge is -2.12. The molecular weight excluding hydrogens is 280 g/mol. The molecule has 0 saturated heterocycles. The minimum atomic E-state index is -4.07. The van der Waals surface area contributed by atoms with Crippen LogP contribution in [0.25, 0.3) is 0 Å². The minimum absolute atomic E-state index is 0.0233. The Balaban J connectivity index is 3.06. The summed E-state index contributed by atoms with van der Waals surface area (Å²) in [6, 6.07) is 5.79. The average molecular weight is 289 g/mol. The van der Waals surface area contributed by atoms with Crippen molar-refractivity contribution in [3.8, 4) is 6.07 Å². The molecule has 0 saturated carbocycles. The highest BCUT2D eigenvalue weighted by atomic mass is 35.5.